The fourth-order valence-corrected chi connectivity index (χ4v) is 1.96. The Morgan fingerprint density at radius 3 is 1.86 bits per heavy atom. The smallest absolute Gasteiger partial charge is 0.335 e. The quantitative estimate of drug-likeness (QED) is 0.277. The van der Waals surface area contributed by atoms with Gasteiger partial charge in [-0.25, -0.2) is 13.6 Å². The van der Waals surface area contributed by atoms with Crippen molar-refractivity contribution >= 4 is 12.4 Å². The van der Waals surface area contributed by atoms with E-state index in [1.54, 1.807) is 0 Å². The minimum atomic E-state index is -0.702. The largest absolute Gasteiger partial charge is 0.459 e. The molecule has 0 N–H and O–H groups in total. The maximum atomic E-state index is 14.2. The Labute approximate surface area is 158 Å². The first-order chi connectivity index (χ1) is 13.5. The number of esters is 1. The molecule has 0 amide bonds. The van der Waals surface area contributed by atoms with Crippen LogP contribution in [-0.4, -0.2) is 12.4 Å². The van der Waals surface area contributed by atoms with E-state index < -0.39 is 17.6 Å². The molecule has 0 aliphatic carbocycles. The topological polar surface area (TPSA) is 71.1 Å². The number of carbonyl (C=O) groups excluding carboxylic acids is 2. The van der Waals surface area contributed by atoms with Gasteiger partial charge >= 0.3 is 5.97 Å². The zero-order valence-corrected chi connectivity index (χ0v) is 14.3. The lowest BCUT2D eigenvalue weighted by molar-refractivity contribution is -0.132. The SMILES string of the molecule is C=CC(=O)O/C=C\Oc1ccc(-c2ccc(O/C=C\OC=O)c(F)c2)cc1F. The highest BCUT2D eigenvalue weighted by atomic mass is 19.1. The summed E-state index contributed by atoms with van der Waals surface area (Å²) in [5, 5.41) is 0. The second-order valence-corrected chi connectivity index (χ2v) is 4.94. The predicted molar refractivity (Wildman–Crippen MR) is 94.8 cm³/mol. The van der Waals surface area contributed by atoms with Gasteiger partial charge in [-0.1, -0.05) is 18.7 Å². The van der Waals surface area contributed by atoms with Gasteiger partial charge in [-0.15, -0.1) is 0 Å². The van der Waals surface area contributed by atoms with Crippen molar-refractivity contribution in [1.82, 2.24) is 0 Å². The molecule has 0 unspecified atom stereocenters. The third-order valence-electron chi connectivity index (χ3n) is 3.18. The molecule has 0 bridgehead atoms. The van der Waals surface area contributed by atoms with Gasteiger partial charge in [0, 0.05) is 6.08 Å². The maximum absolute atomic E-state index is 14.2. The van der Waals surface area contributed by atoms with Crippen molar-refractivity contribution in [2.45, 2.75) is 0 Å². The number of rotatable bonds is 9. The zero-order chi connectivity index (χ0) is 20.4. The summed E-state index contributed by atoms with van der Waals surface area (Å²) in [5.41, 5.74) is 0.802. The van der Waals surface area contributed by atoms with Crippen LogP contribution in [0.15, 0.2) is 74.1 Å². The Morgan fingerprint density at radius 1 is 0.857 bits per heavy atom. The molecular formula is C20H14F2O6. The fraction of sp³-hybridized carbons (Fsp3) is 0. The first kappa shape index (κ1) is 20.4. The normalized spacial score (nSPS) is 10.6. The lowest BCUT2D eigenvalue weighted by atomic mass is 10.0. The maximum Gasteiger partial charge on any atom is 0.335 e. The molecule has 2 aromatic carbocycles. The Kier molecular flexibility index (Phi) is 7.47. The van der Waals surface area contributed by atoms with Crippen LogP contribution >= 0.6 is 0 Å². The summed E-state index contributed by atoms with van der Waals surface area (Å²) in [7, 11) is 0. The summed E-state index contributed by atoms with van der Waals surface area (Å²) < 4.78 is 47.0. The van der Waals surface area contributed by atoms with E-state index in [4.69, 9.17) is 9.47 Å². The molecule has 2 rings (SSSR count). The molecule has 0 aliphatic rings. The van der Waals surface area contributed by atoms with E-state index in [9.17, 15) is 18.4 Å². The van der Waals surface area contributed by atoms with Crippen molar-refractivity contribution in [1.29, 1.82) is 0 Å². The van der Waals surface area contributed by atoms with Crippen LogP contribution < -0.4 is 9.47 Å². The average molecular weight is 388 g/mol. The van der Waals surface area contributed by atoms with E-state index >= 15 is 0 Å². The summed E-state index contributed by atoms with van der Waals surface area (Å²) in [6, 6.07) is 8.05. The number of carbonyl (C=O) groups is 2. The van der Waals surface area contributed by atoms with Crippen molar-refractivity contribution in [2.75, 3.05) is 0 Å². The van der Waals surface area contributed by atoms with Crippen molar-refractivity contribution < 1.29 is 37.3 Å². The highest BCUT2D eigenvalue weighted by Crippen LogP contribution is 2.29. The van der Waals surface area contributed by atoms with E-state index in [2.05, 4.69) is 16.1 Å². The number of ether oxygens (including phenoxy) is 4. The second-order valence-electron chi connectivity index (χ2n) is 4.94. The Hall–Kier alpha value is -3.94. The van der Waals surface area contributed by atoms with E-state index in [0.717, 1.165) is 43.3 Å². The van der Waals surface area contributed by atoms with Crippen molar-refractivity contribution in [3.63, 3.8) is 0 Å². The Bertz CT molecular complexity index is 921. The molecule has 0 saturated heterocycles. The van der Waals surface area contributed by atoms with Crippen LogP contribution in [0, 0.1) is 11.6 Å². The van der Waals surface area contributed by atoms with Crippen LogP contribution in [0.2, 0.25) is 0 Å². The number of hydrogen-bond donors (Lipinski definition) is 0. The molecule has 0 fully saturated rings. The molecule has 0 saturated carbocycles. The highest BCUT2D eigenvalue weighted by Gasteiger charge is 2.09. The molecular weight excluding hydrogens is 374 g/mol. The number of halogens is 2. The lowest BCUT2D eigenvalue weighted by Crippen LogP contribution is -1.94. The zero-order valence-electron chi connectivity index (χ0n) is 14.3. The molecule has 0 radical (unpaired) electrons. The average Bonchev–Trinajstić information content (AvgIpc) is 2.70. The van der Waals surface area contributed by atoms with Crippen LogP contribution in [0.4, 0.5) is 8.78 Å². The first-order valence-electron chi connectivity index (χ1n) is 7.70. The molecule has 0 spiro atoms. The van der Waals surface area contributed by atoms with Gasteiger partial charge in [0.1, 0.15) is 25.0 Å². The van der Waals surface area contributed by atoms with Gasteiger partial charge in [-0.3, -0.25) is 4.79 Å². The van der Waals surface area contributed by atoms with E-state index in [0.29, 0.717) is 11.1 Å². The van der Waals surface area contributed by atoms with Crippen molar-refractivity contribution in [3.05, 3.63) is 85.7 Å². The fourth-order valence-electron chi connectivity index (χ4n) is 1.96. The monoisotopic (exact) mass is 388 g/mol. The molecule has 0 atom stereocenters. The van der Waals surface area contributed by atoms with E-state index in [1.807, 2.05) is 0 Å². The molecule has 2 aromatic rings. The van der Waals surface area contributed by atoms with E-state index in [-0.39, 0.29) is 18.0 Å². The van der Waals surface area contributed by atoms with Gasteiger partial charge in [0.05, 0.1) is 0 Å². The molecule has 6 nitrogen and oxygen atoms in total. The minimum Gasteiger partial charge on any atom is -0.459 e. The Morgan fingerprint density at radius 2 is 1.39 bits per heavy atom. The van der Waals surface area contributed by atoms with Crippen LogP contribution in [0.1, 0.15) is 0 Å². The van der Waals surface area contributed by atoms with Crippen LogP contribution in [0.3, 0.4) is 0 Å². The summed E-state index contributed by atoms with van der Waals surface area (Å²) >= 11 is 0. The molecule has 8 heteroatoms. The van der Waals surface area contributed by atoms with Crippen LogP contribution in [0.25, 0.3) is 11.1 Å². The summed E-state index contributed by atoms with van der Waals surface area (Å²) in [5.74, 6) is -2.30. The summed E-state index contributed by atoms with van der Waals surface area (Å²) in [4.78, 5) is 20.8. The van der Waals surface area contributed by atoms with Crippen LogP contribution in [-0.2, 0) is 19.1 Å². The Balaban J connectivity index is 2.08. The first-order valence-corrected chi connectivity index (χ1v) is 7.70. The third-order valence-corrected chi connectivity index (χ3v) is 3.18. The molecule has 0 aromatic heterocycles. The van der Waals surface area contributed by atoms with E-state index in [1.165, 1.54) is 24.3 Å². The minimum absolute atomic E-state index is 0.103. The predicted octanol–water partition coefficient (Wildman–Crippen LogP) is 4.23. The lowest BCUT2D eigenvalue weighted by Gasteiger charge is -2.08. The molecule has 28 heavy (non-hydrogen) atoms. The summed E-state index contributed by atoms with van der Waals surface area (Å²) in [6.07, 6.45) is 4.84. The van der Waals surface area contributed by atoms with Gasteiger partial charge < -0.3 is 18.9 Å². The number of hydrogen-bond acceptors (Lipinski definition) is 6. The van der Waals surface area contributed by atoms with Crippen LogP contribution in [0.5, 0.6) is 11.5 Å². The second kappa shape index (κ2) is 10.3. The summed E-state index contributed by atoms with van der Waals surface area (Å²) in [6.45, 7) is 3.40. The molecule has 0 aliphatic heterocycles. The third kappa shape index (κ3) is 5.80. The van der Waals surface area contributed by atoms with Gasteiger partial charge in [0.15, 0.2) is 23.1 Å². The van der Waals surface area contributed by atoms with Gasteiger partial charge in [-0.05, 0) is 35.4 Å². The highest BCUT2D eigenvalue weighted by molar-refractivity contribution is 5.81. The molecule has 144 valence electrons. The van der Waals surface area contributed by atoms with Crippen molar-refractivity contribution in [3.8, 4) is 22.6 Å². The van der Waals surface area contributed by atoms with Crippen molar-refractivity contribution in [2.24, 2.45) is 0 Å². The standard InChI is InChI=1S/C20H14F2O6/c1-2-20(24)28-10-9-27-19-6-4-15(12-17(19)22)14-3-5-18(16(21)11-14)26-8-7-25-13-23/h2-13H,1H2/b8-7-,10-9-. The van der Waals surface area contributed by atoms with Gasteiger partial charge in [0.2, 0.25) is 0 Å². The van der Waals surface area contributed by atoms with Gasteiger partial charge in [0.25, 0.3) is 6.47 Å². The van der Waals surface area contributed by atoms with Gasteiger partial charge in [-0.2, -0.15) is 0 Å². The number of benzene rings is 2. The molecule has 0 heterocycles.